The third kappa shape index (κ3) is 4.43. The number of aromatic nitrogens is 1. The van der Waals surface area contributed by atoms with Crippen molar-refractivity contribution >= 4 is 42.6 Å². The first-order valence-electron chi connectivity index (χ1n) is 8.97. The van der Waals surface area contributed by atoms with Crippen LogP contribution in [0.25, 0.3) is 10.2 Å². The highest BCUT2D eigenvalue weighted by molar-refractivity contribution is 7.89. The first-order chi connectivity index (χ1) is 14.4. The number of amides is 1. The summed E-state index contributed by atoms with van der Waals surface area (Å²) in [5.74, 6) is 0.0940. The number of nitrogens with zero attached hydrogens (tertiary/aromatic N) is 2. The molecule has 0 atom stereocenters. The fraction of sp³-hybridized carbons (Fsp3) is 0.143. The topological polar surface area (TPSA) is 88.6 Å². The molecule has 0 aliphatic heterocycles. The second kappa shape index (κ2) is 9.21. The predicted molar refractivity (Wildman–Crippen MR) is 120 cm³/mol. The number of ether oxygens (including phenoxy) is 1. The number of benzene rings is 2. The van der Waals surface area contributed by atoms with Gasteiger partial charge in [0.2, 0.25) is 10.0 Å². The number of carbonyl (C=O) groups is 1. The van der Waals surface area contributed by atoms with Crippen molar-refractivity contribution in [1.29, 1.82) is 0 Å². The van der Waals surface area contributed by atoms with Gasteiger partial charge in [-0.2, -0.15) is 4.31 Å². The highest BCUT2D eigenvalue weighted by Crippen LogP contribution is 2.30. The van der Waals surface area contributed by atoms with Crippen molar-refractivity contribution < 1.29 is 17.9 Å². The maximum absolute atomic E-state index is 12.9. The number of anilines is 1. The Bertz CT molecular complexity index is 1190. The molecule has 30 heavy (non-hydrogen) atoms. The molecule has 0 aliphatic carbocycles. The van der Waals surface area contributed by atoms with E-state index in [9.17, 15) is 13.2 Å². The van der Waals surface area contributed by atoms with Gasteiger partial charge in [-0.25, -0.2) is 13.4 Å². The number of carbonyl (C=O) groups excluding carboxylic acids is 1. The Labute approximate surface area is 179 Å². The van der Waals surface area contributed by atoms with Gasteiger partial charge in [0.25, 0.3) is 5.91 Å². The fourth-order valence-corrected chi connectivity index (χ4v) is 5.21. The number of hydrogen-bond donors (Lipinski definition) is 1. The van der Waals surface area contributed by atoms with E-state index in [0.29, 0.717) is 26.7 Å². The van der Waals surface area contributed by atoms with Crippen molar-refractivity contribution in [2.24, 2.45) is 0 Å². The monoisotopic (exact) mass is 443 g/mol. The Hall–Kier alpha value is -3.01. The number of methoxy groups -OCH3 is 1. The molecule has 0 spiro atoms. The minimum atomic E-state index is -3.72. The second-order valence-electron chi connectivity index (χ2n) is 6.20. The molecule has 0 bridgehead atoms. The summed E-state index contributed by atoms with van der Waals surface area (Å²) in [6.07, 6.45) is 3.05. The van der Waals surface area contributed by atoms with Crippen LogP contribution in [0.5, 0.6) is 5.75 Å². The number of fused-ring (bicyclic) bond motifs is 1. The number of thiazole rings is 1. The quantitative estimate of drug-likeness (QED) is 0.507. The Balaban J connectivity index is 1.90. The third-order valence-electron chi connectivity index (χ3n) is 4.24. The highest BCUT2D eigenvalue weighted by atomic mass is 32.2. The lowest BCUT2D eigenvalue weighted by molar-refractivity contribution is 0.102. The summed E-state index contributed by atoms with van der Waals surface area (Å²) >= 11 is 1.20. The van der Waals surface area contributed by atoms with Gasteiger partial charge in [0.1, 0.15) is 5.75 Å². The molecular formula is C21H21N3O4S2. The average Bonchev–Trinajstić information content (AvgIpc) is 3.14. The van der Waals surface area contributed by atoms with E-state index >= 15 is 0 Å². The van der Waals surface area contributed by atoms with Crippen molar-refractivity contribution in [2.45, 2.75) is 4.90 Å². The van der Waals surface area contributed by atoms with E-state index < -0.39 is 10.0 Å². The summed E-state index contributed by atoms with van der Waals surface area (Å²) in [5.41, 5.74) is 0.972. The molecule has 0 saturated carbocycles. The van der Waals surface area contributed by atoms with Gasteiger partial charge in [-0.15, -0.1) is 13.2 Å². The summed E-state index contributed by atoms with van der Waals surface area (Å²) in [5, 5.41) is 3.11. The van der Waals surface area contributed by atoms with Crippen LogP contribution in [0.15, 0.2) is 72.7 Å². The van der Waals surface area contributed by atoms with Gasteiger partial charge in [-0.3, -0.25) is 10.1 Å². The van der Waals surface area contributed by atoms with Gasteiger partial charge in [0.15, 0.2) is 5.13 Å². The van der Waals surface area contributed by atoms with Crippen molar-refractivity contribution in [2.75, 3.05) is 25.5 Å². The van der Waals surface area contributed by atoms with Gasteiger partial charge >= 0.3 is 0 Å². The number of para-hydroxylation sites is 1. The molecule has 0 saturated heterocycles. The Morgan fingerprint density at radius 3 is 2.57 bits per heavy atom. The maximum atomic E-state index is 12.9. The summed E-state index contributed by atoms with van der Waals surface area (Å²) in [4.78, 5) is 17.1. The second-order valence-corrected chi connectivity index (χ2v) is 9.17. The van der Waals surface area contributed by atoms with Crippen LogP contribution < -0.4 is 10.1 Å². The molecule has 7 nitrogen and oxygen atoms in total. The zero-order chi connectivity index (χ0) is 21.7. The smallest absolute Gasteiger partial charge is 0.261 e. The fourth-order valence-electron chi connectivity index (χ4n) is 2.82. The number of sulfonamides is 1. The molecule has 1 N–H and O–H groups in total. The first kappa shape index (κ1) is 21.7. The maximum Gasteiger partial charge on any atom is 0.261 e. The molecule has 3 rings (SSSR count). The molecule has 156 valence electrons. The van der Waals surface area contributed by atoms with E-state index in [4.69, 9.17) is 4.74 Å². The Morgan fingerprint density at radius 2 is 1.90 bits per heavy atom. The number of hydrogen-bond acceptors (Lipinski definition) is 6. The Kier molecular flexibility index (Phi) is 6.66. The lowest BCUT2D eigenvalue weighted by Crippen LogP contribution is -2.31. The molecular weight excluding hydrogens is 422 g/mol. The summed E-state index contributed by atoms with van der Waals surface area (Å²) in [7, 11) is -2.22. The summed E-state index contributed by atoms with van der Waals surface area (Å²) in [6, 6.07) is 11.5. The third-order valence-corrected chi connectivity index (χ3v) is 7.00. The van der Waals surface area contributed by atoms with E-state index in [0.717, 1.165) is 0 Å². The van der Waals surface area contributed by atoms with E-state index in [1.165, 1.54) is 41.0 Å². The normalized spacial score (nSPS) is 11.4. The predicted octanol–water partition coefficient (Wildman–Crippen LogP) is 3.92. The van der Waals surface area contributed by atoms with Gasteiger partial charge in [-0.05, 0) is 30.3 Å². The molecule has 0 unspecified atom stereocenters. The zero-order valence-corrected chi connectivity index (χ0v) is 18.0. The van der Waals surface area contributed by atoms with E-state index in [-0.39, 0.29) is 23.9 Å². The van der Waals surface area contributed by atoms with E-state index in [1.807, 2.05) is 0 Å². The minimum absolute atomic E-state index is 0.143. The van der Waals surface area contributed by atoms with E-state index in [2.05, 4.69) is 23.5 Å². The molecule has 0 fully saturated rings. The van der Waals surface area contributed by atoms with Crippen LogP contribution in [0.3, 0.4) is 0 Å². The lowest BCUT2D eigenvalue weighted by atomic mass is 10.2. The van der Waals surface area contributed by atoms with Crippen LogP contribution in [-0.2, 0) is 10.0 Å². The highest BCUT2D eigenvalue weighted by Gasteiger charge is 2.23. The van der Waals surface area contributed by atoms with Gasteiger partial charge in [0.05, 0.1) is 27.8 Å². The van der Waals surface area contributed by atoms with Crippen LogP contribution >= 0.6 is 11.3 Å². The standard InChI is InChI=1S/C21H21N3O4S2/c1-4-12-24(13-5-2)30(26,27)15-10-11-17-19(14-15)29-21(22-17)23-20(25)16-8-6-7-9-18(16)28-3/h4-11,14H,1-2,12-13H2,3H3,(H,22,23,25). The van der Waals surface area contributed by atoms with Crippen molar-refractivity contribution in [3.8, 4) is 5.75 Å². The molecule has 2 aromatic carbocycles. The lowest BCUT2D eigenvalue weighted by Gasteiger charge is -2.18. The van der Waals surface area contributed by atoms with Gasteiger partial charge < -0.3 is 4.74 Å². The summed E-state index contributed by atoms with van der Waals surface area (Å²) in [6.45, 7) is 7.57. The van der Waals surface area contributed by atoms with Crippen LogP contribution in [-0.4, -0.2) is 43.8 Å². The van der Waals surface area contributed by atoms with Crippen molar-refractivity contribution in [3.05, 3.63) is 73.3 Å². The zero-order valence-electron chi connectivity index (χ0n) is 16.4. The number of rotatable bonds is 9. The van der Waals surface area contributed by atoms with Crippen molar-refractivity contribution in [3.63, 3.8) is 0 Å². The van der Waals surface area contributed by atoms with Crippen LogP contribution in [0.1, 0.15) is 10.4 Å². The van der Waals surface area contributed by atoms with Gasteiger partial charge in [0, 0.05) is 13.1 Å². The number of nitrogens with one attached hydrogen (secondary N) is 1. The molecule has 9 heteroatoms. The summed E-state index contributed by atoms with van der Waals surface area (Å²) < 4.78 is 33.0. The van der Waals surface area contributed by atoms with Gasteiger partial charge in [-0.1, -0.05) is 35.6 Å². The molecule has 3 aromatic rings. The van der Waals surface area contributed by atoms with Crippen LogP contribution in [0.2, 0.25) is 0 Å². The molecule has 1 amide bonds. The largest absolute Gasteiger partial charge is 0.496 e. The van der Waals surface area contributed by atoms with E-state index in [1.54, 1.807) is 36.4 Å². The SMILES string of the molecule is C=CCN(CC=C)S(=O)(=O)c1ccc2nc(NC(=O)c3ccccc3OC)sc2c1. The molecule has 1 aromatic heterocycles. The minimum Gasteiger partial charge on any atom is -0.496 e. The van der Waals surface area contributed by atoms with Crippen LogP contribution in [0, 0.1) is 0 Å². The molecule has 0 aliphatic rings. The molecule has 1 heterocycles. The first-order valence-corrected chi connectivity index (χ1v) is 11.2. The Morgan fingerprint density at radius 1 is 1.20 bits per heavy atom. The average molecular weight is 444 g/mol. The molecule has 0 radical (unpaired) electrons. The van der Waals surface area contributed by atoms with Crippen molar-refractivity contribution in [1.82, 2.24) is 9.29 Å². The van der Waals surface area contributed by atoms with Crippen LogP contribution in [0.4, 0.5) is 5.13 Å².